The van der Waals surface area contributed by atoms with Gasteiger partial charge in [0.15, 0.2) is 17.6 Å². The molecule has 0 radical (unpaired) electrons. The van der Waals surface area contributed by atoms with E-state index in [1.807, 2.05) is 0 Å². The number of rotatable bonds is 5. The number of amides is 1. The van der Waals surface area contributed by atoms with Crippen LogP contribution in [0.15, 0.2) is 42.5 Å². The van der Waals surface area contributed by atoms with Crippen LogP contribution in [0.4, 0.5) is 5.69 Å². The number of methoxy groups -OCH3 is 1. The summed E-state index contributed by atoms with van der Waals surface area (Å²) in [5, 5.41) is 2.70. The van der Waals surface area contributed by atoms with E-state index in [-0.39, 0.29) is 0 Å². The van der Waals surface area contributed by atoms with Gasteiger partial charge in [-0.2, -0.15) is 0 Å². The number of ether oxygens (including phenoxy) is 4. The minimum absolute atomic E-state index is 0.338. The van der Waals surface area contributed by atoms with Gasteiger partial charge in [-0.3, -0.25) is 4.79 Å². The van der Waals surface area contributed by atoms with Gasteiger partial charge in [-0.1, -0.05) is 0 Å². The molecule has 0 aliphatic carbocycles. The third-order valence-electron chi connectivity index (χ3n) is 3.79. The van der Waals surface area contributed by atoms with Crippen molar-refractivity contribution in [3.8, 4) is 17.2 Å². The normalized spacial score (nSPS) is 13.5. The number of carbonyl (C=O) groups is 2. The predicted molar refractivity (Wildman–Crippen MR) is 93.9 cm³/mol. The SMILES string of the molecule is COc1ccc(C(=O)O[C@@H](C)C(=O)Nc2ccc3c(c2)OCCO3)cc1. The molecule has 1 atom stereocenters. The summed E-state index contributed by atoms with van der Waals surface area (Å²) in [5.74, 6) is 0.803. The summed E-state index contributed by atoms with van der Waals surface area (Å²) in [7, 11) is 1.54. The van der Waals surface area contributed by atoms with Crippen LogP contribution in [0, 0.1) is 0 Å². The molecule has 136 valence electrons. The summed E-state index contributed by atoms with van der Waals surface area (Å²) in [6, 6.07) is 11.5. The van der Waals surface area contributed by atoms with Crippen LogP contribution in [-0.2, 0) is 9.53 Å². The Morgan fingerprint density at radius 2 is 1.73 bits per heavy atom. The first-order chi connectivity index (χ1) is 12.6. The first kappa shape index (κ1) is 17.6. The van der Waals surface area contributed by atoms with Crippen LogP contribution in [0.5, 0.6) is 17.2 Å². The van der Waals surface area contributed by atoms with Gasteiger partial charge in [-0.05, 0) is 43.3 Å². The third-order valence-corrected chi connectivity index (χ3v) is 3.79. The second-order valence-corrected chi connectivity index (χ2v) is 5.62. The van der Waals surface area contributed by atoms with Crippen LogP contribution >= 0.6 is 0 Å². The summed E-state index contributed by atoms with van der Waals surface area (Å²) in [6.45, 7) is 2.46. The smallest absolute Gasteiger partial charge is 0.338 e. The summed E-state index contributed by atoms with van der Waals surface area (Å²) in [6.07, 6.45) is -0.960. The van der Waals surface area contributed by atoms with Crippen molar-refractivity contribution in [2.45, 2.75) is 13.0 Å². The summed E-state index contributed by atoms with van der Waals surface area (Å²) in [4.78, 5) is 24.4. The number of hydrogen-bond acceptors (Lipinski definition) is 6. The fourth-order valence-electron chi connectivity index (χ4n) is 2.37. The molecule has 0 bridgehead atoms. The van der Waals surface area contributed by atoms with Crippen molar-refractivity contribution in [3.05, 3.63) is 48.0 Å². The number of esters is 1. The van der Waals surface area contributed by atoms with Gasteiger partial charge >= 0.3 is 5.97 Å². The molecule has 0 spiro atoms. The molecular formula is C19H19NO6. The molecule has 1 aliphatic rings. The maximum Gasteiger partial charge on any atom is 0.338 e. The molecule has 0 aromatic heterocycles. The van der Waals surface area contributed by atoms with Crippen LogP contribution in [0.3, 0.4) is 0 Å². The molecule has 0 fully saturated rings. The molecule has 3 rings (SSSR count). The maximum atomic E-state index is 12.3. The first-order valence-electron chi connectivity index (χ1n) is 8.12. The van der Waals surface area contributed by atoms with Gasteiger partial charge in [0, 0.05) is 11.8 Å². The molecule has 1 aliphatic heterocycles. The van der Waals surface area contributed by atoms with E-state index < -0.39 is 18.0 Å². The monoisotopic (exact) mass is 357 g/mol. The molecule has 1 amide bonds. The zero-order valence-electron chi connectivity index (χ0n) is 14.5. The van der Waals surface area contributed by atoms with Crippen LogP contribution in [0.25, 0.3) is 0 Å². The lowest BCUT2D eigenvalue weighted by molar-refractivity contribution is -0.123. The van der Waals surface area contributed by atoms with Crippen LogP contribution in [0.1, 0.15) is 17.3 Å². The van der Waals surface area contributed by atoms with E-state index in [9.17, 15) is 9.59 Å². The molecule has 2 aromatic rings. The largest absolute Gasteiger partial charge is 0.497 e. The molecule has 26 heavy (non-hydrogen) atoms. The predicted octanol–water partition coefficient (Wildman–Crippen LogP) is 2.65. The van der Waals surface area contributed by atoms with E-state index in [4.69, 9.17) is 18.9 Å². The van der Waals surface area contributed by atoms with Crippen LogP contribution < -0.4 is 19.5 Å². The van der Waals surface area contributed by atoms with Crippen molar-refractivity contribution in [3.63, 3.8) is 0 Å². The minimum atomic E-state index is -0.960. The Balaban J connectivity index is 1.59. The number of benzene rings is 2. The highest BCUT2D eigenvalue weighted by atomic mass is 16.6. The molecule has 0 saturated carbocycles. The lowest BCUT2D eigenvalue weighted by Crippen LogP contribution is -2.30. The Morgan fingerprint density at radius 3 is 2.42 bits per heavy atom. The van der Waals surface area contributed by atoms with Crippen LogP contribution in [0.2, 0.25) is 0 Å². The Hall–Kier alpha value is -3.22. The fourth-order valence-corrected chi connectivity index (χ4v) is 2.37. The molecular weight excluding hydrogens is 338 g/mol. The highest BCUT2D eigenvalue weighted by Crippen LogP contribution is 2.32. The number of fused-ring (bicyclic) bond motifs is 1. The minimum Gasteiger partial charge on any atom is -0.497 e. The van der Waals surface area contributed by atoms with Gasteiger partial charge in [-0.25, -0.2) is 4.79 Å². The topological polar surface area (TPSA) is 83.1 Å². The third kappa shape index (κ3) is 4.05. The summed E-state index contributed by atoms with van der Waals surface area (Å²) in [5.41, 5.74) is 0.872. The molecule has 0 unspecified atom stereocenters. The summed E-state index contributed by atoms with van der Waals surface area (Å²) >= 11 is 0. The maximum absolute atomic E-state index is 12.3. The second kappa shape index (κ2) is 7.77. The average molecular weight is 357 g/mol. The highest BCUT2D eigenvalue weighted by molar-refractivity contribution is 5.97. The fraction of sp³-hybridized carbons (Fsp3) is 0.263. The molecule has 7 nitrogen and oxygen atoms in total. The van der Waals surface area contributed by atoms with E-state index in [1.165, 1.54) is 14.0 Å². The van der Waals surface area contributed by atoms with E-state index in [0.29, 0.717) is 41.7 Å². The Kier molecular flexibility index (Phi) is 5.26. The number of anilines is 1. The van der Waals surface area contributed by atoms with Crippen molar-refractivity contribution in [1.29, 1.82) is 0 Å². The van der Waals surface area contributed by atoms with Crippen molar-refractivity contribution in [2.75, 3.05) is 25.6 Å². The standard InChI is InChI=1S/C19H19NO6/c1-12(26-19(22)13-3-6-15(23-2)7-4-13)18(21)20-14-5-8-16-17(11-14)25-10-9-24-16/h3-8,11-12H,9-10H2,1-2H3,(H,20,21)/t12-/m0/s1. The van der Waals surface area contributed by atoms with Gasteiger partial charge in [0.2, 0.25) is 0 Å². The molecule has 0 saturated heterocycles. The van der Waals surface area contributed by atoms with E-state index in [1.54, 1.807) is 42.5 Å². The van der Waals surface area contributed by atoms with Crippen molar-refractivity contribution in [1.82, 2.24) is 0 Å². The second-order valence-electron chi connectivity index (χ2n) is 5.62. The Morgan fingerprint density at radius 1 is 1.04 bits per heavy atom. The Bertz CT molecular complexity index is 802. The van der Waals surface area contributed by atoms with Gasteiger partial charge < -0.3 is 24.3 Å². The molecule has 7 heteroatoms. The lowest BCUT2D eigenvalue weighted by atomic mass is 10.2. The van der Waals surface area contributed by atoms with Crippen molar-refractivity contribution in [2.24, 2.45) is 0 Å². The van der Waals surface area contributed by atoms with Gasteiger partial charge in [-0.15, -0.1) is 0 Å². The van der Waals surface area contributed by atoms with E-state index >= 15 is 0 Å². The number of hydrogen-bond donors (Lipinski definition) is 1. The van der Waals surface area contributed by atoms with Gasteiger partial charge in [0.05, 0.1) is 12.7 Å². The summed E-state index contributed by atoms with van der Waals surface area (Å²) < 4.78 is 21.2. The quantitative estimate of drug-likeness (QED) is 0.829. The average Bonchev–Trinajstić information content (AvgIpc) is 2.67. The number of nitrogens with one attached hydrogen (secondary N) is 1. The molecule has 1 heterocycles. The lowest BCUT2D eigenvalue weighted by Gasteiger charge is -2.19. The number of carbonyl (C=O) groups excluding carboxylic acids is 2. The highest BCUT2D eigenvalue weighted by Gasteiger charge is 2.20. The van der Waals surface area contributed by atoms with E-state index in [0.717, 1.165) is 0 Å². The zero-order valence-corrected chi connectivity index (χ0v) is 14.5. The van der Waals surface area contributed by atoms with Gasteiger partial charge in [0.25, 0.3) is 5.91 Å². The van der Waals surface area contributed by atoms with E-state index in [2.05, 4.69) is 5.32 Å². The van der Waals surface area contributed by atoms with Crippen LogP contribution in [-0.4, -0.2) is 38.3 Å². The first-order valence-corrected chi connectivity index (χ1v) is 8.12. The van der Waals surface area contributed by atoms with Crippen molar-refractivity contribution < 1.29 is 28.5 Å². The molecule has 1 N–H and O–H groups in total. The Labute approximate surface area is 150 Å². The molecule has 2 aromatic carbocycles. The van der Waals surface area contributed by atoms with Crippen molar-refractivity contribution >= 4 is 17.6 Å². The zero-order chi connectivity index (χ0) is 18.5. The van der Waals surface area contributed by atoms with Gasteiger partial charge in [0.1, 0.15) is 19.0 Å².